The Morgan fingerprint density at radius 3 is 2.50 bits per heavy atom. The molecule has 1 heterocycles. The fraction of sp³-hybridized carbons (Fsp3) is 0.0714. The monoisotopic (exact) mass is 285 g/mol. The molecule has 2 aromatic rings. The first kappa shape index (κ1) is 13.9. The summed E-state index contributed by atoms with van der Waals surface area (Å²) in [4.78, 5) is 23.7. The van der Waals surface area contributed by atoms with E-state index in [1.54, 1.807) is 30.3 Å². The molecule has 1 aromatic heterocycles. The summed E-state index contributed by atoms with van der Waals surface area (Å²) >= 11 is 3.78. The van der Waals surface area contributed by atoms with Crippen LogP contribution in [-0.4, -0.2) is 22.0 Å². The highest BCUT2D eigenvalue weighted by Gasteiger charge is 2.11. The number of nitrogens with zero attached hydrogens (tertiary/aromatic N) is 2. The van der Waals surface area contributed by atoms with Crippen molar-refractivity contribution in [3.63, 3.8) is 0 Å². The molecule has 0 aliphatic carbocycles. The van der Waals surface area contributed by atoms with Crippen molar-refractivity contribution in [3.05, 3.63) is 46.8 Å². The Hall–Kier alpha value is -2.52. The molecule has 0 radical (unpaired) electrons. The minimum atomic E-state index is -0.419. The molecule has 0 fully saturated rings. The summed E-state index contributed by atoms with van der Waals surface area (Å²) in [6.45, 7) is 0.151. The van der Waals surface area contributed by atoms with Gasteiger partial charge >= 0.3 is 0 Å². The van der Waals surface area contributed by atoms with E-state index in [0.717, 1.165) is 5.56 Å². The summed E-state index contributed by atoms with van der Waals surface area (Å²) in [6, 6.07) is 10.1. The molecule has 0 aliphatic rings. The van der Waals surface area contributed by atoms with Gasteiger partial charge in [-0.15, -0.1) is 6.42 Å². The van der Waals surface area contributed by atoms with Crippen LogP contribution in [0.25, 0.3) is 11.3 Å². The van der Waals surface area contributed by atoms with E-state index in [0.29, 0.717) is 11.4 Å². The quantitative estimate of drug-likeness (QED) is 0.669. The highest BCUT2D eigenvalue weighted by molar-refractivity contribution is 7.96. The number of carbonyl (C=O) groups excluding carboxylic acids is 1. The maximum absolute atomic E-state index is 11.4. The number of anilines is 1. The summed E-state index contributed by atoms with van der Waals surface area (Å²) in [5.74, 6) is 2.40. The van der Waals surface area contributed by atoms with Crippen molar-refractivity contribution in [2.75, 3.05) is 11.4 Å². The van der Waals surface area contributed by atoms with Gasteiger partial charge in [-0.1, -0.05) is 30.7 Å². The van der Waals surface area contributed by atoms with E-state index in [9.17, 15) is 9.59 Å². The van der Waals surface area contributed by atoms with Crippen LogP contribution < -0.4 is 10.5 Å². The van der Waals surface area contributed by atoms with Gasteiger partial charge in [0.25, 0.3) is 10.8 Å². The van der Waals surface area contributed by atoms with Gasteiger partial charge in [0.15, 0.2) is 0 Å². The van der Waals surface area contributed by atoms with Gasteiger partial charge in [0.1, 0.15) is 0 Å². The average molecular weight is 285 g/mol. The minimum Gasteiger partial charge on any atom is -0.292 e. The third kappa shape index (κ3) is 3.08. The molecule has 20 heavy (non-hydrogen) atoms. The number of aromatic amines is 1. The van der Waals surface area contributed by atoms with Crippen molar-refractivity contribution in [2.24, 2.45) is 0 Å². The fourth-order valence-electron chi connectivity index (χ4n) is 1.68. The normalized spacial score (nSPS) is 9.80. The Morgan fingerprint density at radius 2 is 2.00 bits per heavy atom. The summed E-state index contributed by atoms with van der Waals surface area (Å²) in [7, 11) is 0. The Balaban J connectivity index is 2.30. The number of amides is 1. The topological polar surface area (TPSA) is 66.1 Å². The molecule has 0 bridgehead atoms. The van der Waals surface area contributed by atoms with E-state index < -0.39 is 5.24 Å². The molecule has 0 saturated carbocycles. The van der Waals surface area contributed by atoms with E-state index >= 15 is 0 Å². The number of benzene rings is 1. The average Bonchev–Trinajstić information content (AvgIpc) is 2.45. The number of nitrogens with one attached hydrogen (secondary N) is 1. The lowest BCUT2D eigenvalue weighted by Gasteiger charge is -2.17. The molecule has 6 heteroatoms. The van der Waals surface area contributed by atoms with Crippen molar-refractivity contribution in [1.82, 2.24) is 10.2 Å². The first-order valence-corrected chi connectivity index (χ1v) is 6.16. The molecule has 1 aromatic carbocycles. The van der Waals surface area contributed by atoms with Crippen LogP contribution >= 0.6 is 12.6 Å². The lowest BCUT2D eigenvalue weighted by atomic mass is 10.1. The van der Waals surface area contributed by atoms with Crippen molar-refractivity contribution in [3.8, 4) is 23.6 Å². The Labute approximate surface area is 121 Å². The maximum Gasteiger partial charge on any atom is 0.283 e. The second-order valence-corrected chi connectivity index (χ2v) is 4.31. The van der Waals surface area contributed by atoms with Crippen LogP contribution in [-0.2, 0) is 0 Å². The number of thiol groups is 1. The van der Waals surface area contributed by atoms with Gasteiger partial charge in [-0.2, -0.15) is 5.10 Å². The van der Waals surface area contributed by atoms with Crippen LogP contribution in [0.15, 0.2) is 41.2 Å². The minimum absolute atomic E-state index is 0.151. The van der Waals surface area contributed by atoms with Crippen LogP contribution in [0.3, 0.4) is 0 Å². The van der Waals surface area contributed by atoms with Crippen molar-refractivity contribution >= 4 is 23.6 Å². The molecule has 5 nitrogen and oxygen atoms in total. The van der Waals surface area contributed by atoms with Gasteiger partial charge < -0.3 is 0 Å². The second-order valence-electron chi connectivity index (χ2n) is 3.93. The van der Waals surface area contributed by atoms with Crippen LogP contribution in [0.5, 0.6) is 0 Å². The lowest BCUT2D eigenvalue weighted by molar-refractivity contribution is 0.266. The molecular weight excluding hydrogens is 274 g/mol. The zero-order valence-corrected chi connectivity index (χ0v) is 11.3. The molecule has 1 N–H and O–H groups in total. The molecule has 100 valence electrons. The van der Waals surface area contributed by atoms with Crippen molar-refractivity contribution in [2.45, 2.75) is 0 Å². The maximum atomic E-state index is 11.4. The molecule has 0 saturated heterocycles. The summed E-state index contributed by atoms with van der Waals surface area (Å²) in [5, 5.41) is 5.88. The van der Waals surface area contributed by atoms with Gasteiger partial charge in [-0.3, -0.25) is 14.5 Å². The van der Waals surface area contributed by atoms with Gasteiger partial charge in [0.05, 0.1) is 12.2 Å². The van der Waals surface area contributed by atoms with E-state index in [1.807, 2.05) is 0 Å². The number of H-pyrrole nitrogens is 1. The van der Waals surface area contributed by atoms with E-state index in [4.69, 9.17) is 6.42 Å². The first-order chi connectivity index (χ1) is 9.61. The predicted molar refractivity (Wildman–Crippen MR) is 80.9 cm³/mol. The van der Waals surface area contributed by atoms with E-state index in [1.165, 1.54) is 11.0 Å². The fourth-order valence-corrected chi connectivity index (χ4v) is 1.86. The standard InChI is InChI=1S/C14H11N3O2S/c1-2-9-17(14(19)20)11-5-3-10(4-6-11)12-7-8-13(18)16-15-12/h1,3-8H,9H2,(H,16,18)(H,19,20). The summed E-state index contributed by atoms with van der Waals surface area (Å²) in [6.07, 6.45) is 5.22. The number of hydrogen-bond donors (Lipinski definition) is 2. The smallest absolute Gasteiger partial charge is 0.283 e. The molecule has 0 spiro atoms. The molecule has 1 amide bonds. The zero-order valence-electron chi connectivity index (χ0n) is 10.4. The summed E-state index contributed by atoms with van der Waals surface area (Å²) in [5.41, 5.74) is 1.84. The van der Waals surface area contributed by atoms with Crippen LogP contribution in [0.4, 0.5) is 10.5 Å². The van der Waals surface area contributed by atoms with Crippen molar-refractivity contribution < 1.29 is 4.79 Å². The number of carbonyl (C=O) groups is 1. The number of hydrogen-bond acceptors (Lipinski definition) is 3. The molecule has 0 unspecified atom stereocenters. The third-order valence-electron chi connectivity index (χ3n) is 2.63. The third-order valence-corrected chi connectivity index (χ3v) is 2.88. The zero-order chi connectivity index (χ0) is 14.5. The lowest BCUT2D eigenvalue weighted by Crippen LogP contribution is -2.25. The Bertz CT molecular complexity index is 696. The second kappa shape index (κ2) is 6.08. The van der Waals surface area contributed by atoms with Gasteiger partial charge in [0.2, 0.25) is 0 Å². The molecule has 0 aliphatic heterocycles. The van der Waals surface area contributed by atoms with Crippen LogP contribution in [0.2, 0.25) is 0 Å². The molecular formula is C14H11N3O2S. The highest BCUT2D eigenvalue weighted by Crippen LogP contribution is 2.21. The Morgan fingerprint density at radius 1 is 1.30 bits per heavy atom. The van der Waals surface area contributed by atoms with E-state index in [2.05, 4.69) is 28.7 Å². The molecule has 2 rings (SSSR count). The van der Waals surface area contributed by atoms with Gasteiger partial charge in [-0.05, 0) is 18.2 Å². The largest absolute Gasteiger partial charge is 0.292 e. The van der Waals surface area contributed by atoms with Gasteiger partial charge in [-0.25, -0.2) is 5.10 Å². The predicted octanol–water partition coefficient (Wildman–Crippen LogP) is 1.93. The summed E-state index contributed by atoms with van der Waals surface area (Å²) < 4.78 is 0. The number of aromatic nitrogens is 2. The number of terminal acetylenes is 1. The van der Waals surface area contributed by atoms with E-state index in [-0.39, 0.29) is 12.1 Å². The van der Waals surface area contributed by atoms with Crippen molar-refractivity contribution in [1.29, 1.82) is 0 Å². The Kier molecular flexibility index (Phi) is 4.23. The molecule has 0 atom stereocenters. The van der Waals surface area contributed by atoms with Gasteiger partial charge in [0, 0.05) is 17.3 Å². The SMILES string of the molecule is C#CCN(C(=O)S)c1ccc(-c2ccc(=O)[nH]n2)cc1. The van der Waals surface area contributed by atoms with Crippen LogP contribution in [0, 0.1) is 12.3 Å². The first-order valence-electron chi connectivity index (χ1n) is 5.72. The highest BCUT2D eigenvalue weighted by atomic mass is 32.1. The number of rotatable bonds is 3. The van der Waals surface area contributed by atoms with Crippen LogP contribution in [0.1, 0.15) is 0 Å².